The Morgan fingerprint density at radius 3 is 2.56 bits per heavy atom. The number of hydrogen-bond acceptors (Lipinski definition) is 6. The van der Waals surface area contributed by atoms with Crippen LogP contribution in [0.4, 0.5) is 17.5 Å². The third kappa shape index (κ3) is 4.59. The number of methoxy groups -OCH3 is 1. The van der Waals surface area contributed by atoms with Crippen LogP contribution in [0.15, 0.2) is 36.5 Å². The summed E-state index contributed by atoms with van der Waals surface area (Å²) in [5.41, 5.74) is 0.940. The Morgan fingerprint density at radius 2 is 1.92 bits per heavy atom. The lowest BCUT2D eigenvalue weighted by molar-refractivity contribution is -0.119. The van der Waals surface area contributed by atoms with E-state index in [4.69, 9.17) is 4.74 Å². The van der Waals surface area contributed by atoms with Crippen molar-refractivity contribution in [1.29, 1.82) is 0 Å². The quantitative estimate of drug-likeness (QED) is 0.869. The summed E-state index contributed by atoms with van der Waals surface area (Å²) in [5.74, 6) is 2.30. The van der Waals surface area contributed by atoms with Gasteiger partial charge in [0.1, 0.15) is 11.6 Å². The molecular formula is C18H23N5O2. The molecule has 2 N–H and O–H groups in total. The molecule has 0 bridgehead atoms. The Morgan fingerprint density at radius 1 is 1.20 bits per heavy atom. The molecule has 1 aliphatic heterocycles. The monoisotopic (exact) mass is 341 g/mol. The molecule has 1 aromatic heterocycles. The van der Waals surface area contributed by atoms with E-state index in [0.717, 1.165) is 43.2 Å². The maximum atomic E-state index is 11.2. The molecule has 0 spiro atoms. The Balaban J connectivity index is 1.62. The maximum Gasteiger partial charge on any atom is 0.227 e. The van der Waals surface area contributed by atoms with Crippen molar-refractivity contribution in [3.8, 4) is 5.75 Å². The van der Waals surface area contributed by atoms with E-state index < -0.39 is 0 Å². The van der Waals surface area contributed by atoms with E-state index in [-0.39, 0.29) is 11.9 Å². The average molecular weight is 341 g/mol. The van der Waals surface area contributed by atoms with Crippen molar-refractivity contribution in [2.24, 2.45) is 0 Å². The van der Waals surface area contributed by atoms with Gasteiger partial charge < -0.3 is 20.3 Å². The smallest absolute Gasteiger partial charge is 0.227 e. The second-order valence-electron chi connectivity index (χ2n) is 6.06. The minimum Gasteiger partial charge on any atom is -0.497 e. The summed E-state index contributed by atoms with van der Waals surface area (Å²) < 4.78 is 5.16. The van der Waals surface area contributed by atoms with E-state index >= 15 is 0 Å². The zero-order valence-corrected chi connectivity index (χ0v) is 14.5. The van der Waals surface area contributed by atoms with Crippen molar-refractivity contribution in [3.63, 3.8) is 0 Å². The van der Waals surface area contributed by atoms with Crippen LogP contribution < -0.4 is 20.3 Å². The number of nitrogens with one attached hydrogen (secondary N) is 2. The third-order valence-electron chi connectivity index (χ3n) is 4.19. The zero-order chi connectivity index (χ0) is 17.6. The number of rotatable bonds is 5. The van der Waals surface area contributed by atoms with Crippen molar-refractivity contribution < 1.29 is 9.53 Å². The minimum absolute atomic E-state index is 0.0281. The number of amides is 1. The van der Waals surface area contributed by atoms with Gasteiger partial charge in [-0.1, -0.05) is 0 Å². The predicted octanol–water partition coefficient (Wildman–Crippen LogP) is 2.33. The molecule has 132 valence electrons. The number of ether oxygens (including phenoxy) is 1. The van der Waals surface area contributed by atoms with Crippen molar-refractivity contribution in [3.05, 3.63) is 36.5 Å². The molecule has 1 amide bonds. The van der Waals surface area contributed by atoms with E-state index in [2.05, 4.69) is 25.5 Å². The van der Waals surface area contributed by atoms with Gasteiger partial charge in [-0.3, -0.25) is 4.79 Å². The Bertz CT molecular complexity index is 712. The normalized spacial score (nSPS) is 14.9. The number of carbonyl (C=O) groups excluding carboxylic acids is 1. The van der Waals surface area contributed by atoms with Gasteiger partial charge in [-0.2, -0.15) is 4.98 Å². The molecule has 1 aliphatic rings. The van der Waals surface area contributed by atoms with Crippen LogP contribution >= 0.6 is 0 Å². The molecule has 0 radical (unpaired) electrons. The van der Waals surface area contributed by atoms with Gasteiger partial charge in [0.2, 0.25) is 11.9 Å². The van der Waals surface area contributed by atoms with E-state index in [1.54, 1.807) is 20.2 Å². The van der Waals surface area contributed by atoms with Crippen molar-refractivity contribution in [2.75, 3.05) is 30.4 Å². The van der Waals surface area contributed by atoms with Crippen LogP contribution in [0.25, 0.3) is 0 Å². The van der Waals surface area contributed by atoms with E-state index in [1.165, 1.54) is 0 Å². The molecule has 0 atom stereocenters. The van der Waals surface area contributed by atoms with Crippen LogP contribution in [-0.2, 0) is 4.79 Å². The molecule has 7 nitrogen and oxygen atoms in total. The summed E-state index contributed by atoms with van der Waals surface area (Å²) in [6.45, 7) is 3.22. The summed E-state index contributed by atoms with van der Waals surface area (Å²) >= 11 is 0. The number of anilines is 3. The third-order valence-corrected chi connectivity index (χ3v) is 4.19. The first kappa shape index (κ1) is 17.0. The number of carbonyl (C=O) groups is 1. The van der Waals surface area contributed by atoms with Crippen molar-refractivity contribution >= 4 is 23.4 Å². The summed E-state index contributed by atoms with van der Waals surface area (Å²) in [6.07, 6.45) is 3.56. The first-order chi connectivity index (χ1) is 12.1. The summed E-state index contributed by atoms with van der Waals surface area (Å²) in [4.78, 5) is 22.3. The fourth-order valence-corrected chi connectivity index (χ4v) is 2.90. The molecule has 0 saturated carbocycles. The molecule has 0 aliphatic carbocycles. The number of benzene rings is 1. The van der Waals surface area contributed by atoms with Crippen LogP contribution in [0, 0.1) is 0 Å². The fraction of sp³-hybridized carbons (Fsp3) is 0.389. The zero-order valence-electron chi connectivity index (χ0n) is 14.5. The first-order valence-electron chi connectivity index (χ1n) is 8.40. The first-order valence-corrected chi connectivity index (χ1v) is 8.40. The van der Waals surface area contributed by atoms with Gasteiger partial charge >= 0.3 is 0 Å². The summed E-state index contributed by atoms with van der Waals surface area (Å²) in [7, 11) is 1.65. The van der Waals surface area contributed by atoms with Gasteiger partial charge in [-0.15, -0.1) is 0 Å². The maximum absolute atomic E-state index is 11.2. The number of hydrogen-bond donors (Lipinski definition) is 2. The van der Waals surface area contributed by atoms with Gasteiger partial charge in [0.15, 0.2) is 0 Å². The van der Waals surface area contributed by atoms with Crippen LogP contribution in [0.5, 0.6) is 5.75 Å². The lowest BCUT2D eigenvalue weighted by Crippen LogP contribution is -2.44. The van der Waals surface area contributed by atoms with Gasteiger partial charge in [-0.25, -0.2) is 4.98 Å². The minimum atomic E-state index is 0.0281. The van der Waals surface area contributed by atoms with E-state index in [9.17, 15) is 4.79 Å². The summed E-state index contributed by atoms with van der Waals surface area (Å²) in [5, 5.41) is 6.26. The topological polar surface area (TPSA) is 79.4 Å². The molecule has 2 heterocycles. The van der Waals surface area contributed by atoms with Crippen molar-refractivity contribution in [2.45, 2.75) is 25.8 Å². The Labute approximate surface area is 147 Å². The fourth-order valence-electron chi connectivity index (χ4n) is 2.90. The van der Waals surface area contributed by atoms with E-state index in [1.807, 2.05) is 30.3 Å². The predicted molar refractivity (Wildman–Crippen MR) is 97.4 cm³/mol. The molecule has 1 aromatic carbocycles. The molecule has 0 unspecified atom stereocenters. The molecular weight excluding hydrogens is 318 g/mol. The highest BCUT2D eigenvalue weighted by molar-refractivity contribution is 5.73. The second kappa shape index (κ2) is 7.83. The highest BCUT2D eigenvalue weighted by atomic mass is 16.5. The Hall–Kier alpha value is -2.83. The highest BCUT2D eigenvalue weighted by Crippen LogP contribution is 2.21. The number of nitrogens with zero attached hydrogens (tertiary/aromatic N) is 3. The standard InChI is InChI=1S/C18H23N5O2/c1-13(24)20-15-8-11-23(12-9-15)18-19-10-7-17(22-18)21-14-3-5-16(25-2)6-4-14/h3-7,10,15H,8-9,11-12H2,1-2H3,(H,20,24)(H,19,21,22). The summed E-state index contributed by atoms with van der Waals surface area (Å²) in [6, 6.07) is 9.78. The van der Waals surface area contributed by atoms with E-state index in [0.29, 0.717) is 5.95 Å². The second-order valence-corrected chi connectivity index (χ2v) is 6.06. The molecule has 25 heavy (non-hydrogen) atoms. The molecule has 2 aromatic rings. The van der Waals surface area contributed by atoms with Crippen LogP contribution in [0.1, 0.15) is 19.8 Å². The molecule has 3 rings (SSSR count). The lowest BCUT2D eigenvalue weighted by atomic mass is 10.1. The van der Waals surface area contributed by atoms with Gasteiger partial charge in [0.25, 0.3) is 0 Å². The van der Waals surface area contributed by atoms with Crippen LogP contribution in [0.3, 0.4) is 0 Å². The average Bonchev–Trinajstić information content (AvgIpc) is 2.63. The lowest BCUT2D eigenvalue weighted by Gasteiger charge is -2.32. The van der Waals surface area contributed by atoms with Gasteiger partial charge in [0.05, 0.1) is 7.11 Å². The SMILES string of the molecule is COc1ccc(Nc2ccnc(N3CCC(NC(C)=O)CC3)n2)cc1. The number of piperidine rings is 1. The molecule has 1 fully saturated rings. The molecule has 7 heteroatoms. The highest BCUT2D eigenvalue weighted by Gasteiger charge is 2.21. The number of aromatic nitrogens is 2. The van der Waals surface area contributed by atoms with Crippen molar-refractivity contribution in [1.82, 2.24) is 15.3 Å². The largest absolute Gasteiger partial charge is 0.497 e. The van der Waals surface area contributed by atoms with Gasteiger partial charge in [-0.05, 0) is 43.2 Å². The van der Waals surface area contributed by atoms with Crippen LogP contribution in [-0.4, -0.2) is 42.1 Å². The molecule has 1 saturated heterocycles. The van der Waals surface area contributed by atoms with Crippen LogP contribution in [0.2, 0.25) is 0 Å². The van der Waals surface area contributed by atoms with Gasteiger partial charge in [0, 0.05) is 37.9 Å². The Kier molecular flexibility index (Phi) is 5.33.